The van der Waals surface area contributed by atoms with Crippen LogP contribution in [0.25, 0.3) is 10.9 Å². The summed E-state index contributed by atoms with van der Waals surface area (Å²) < 4.78 is 59.8. The maximum Gasteiger partial charge on any atom is 0.309 e. The number of nitrogens with one attached hydrogen (secondary N) is 1. The maximum absolute atomic E-state index is 14.6. The van der Waals surface area contributed by atoms with Crippen LogP contribution >= 0.6 is 0 Å². The fourth-order valence-corrected chi connectivity index (χ4v) is 4.98. The molecule has 1 fully saturated rings. The number of aliphatic carboxylic acids is 1. The molecule has 0 unspecified atom stereocenters. The highest BCUT2D eigenvalue weighted by atomic mass is 19.2. The van der Waals surface area contributed by atoms with E-state index >= 15 is 0 Å². The summed E-state index contributed by atoms with van der Waals surface area (Å²) in [7, 11) is 1.54. The Labute approximate surface area is 212 Å². The quantitative estimate of drug-likeness (QED) is 0.276. The molecule has 2 aromatic carbocycles. The standard InChI is InChI=1S/C27H29F4N3O3/c1-37-18-4-5-24-20(15-18)19(23(30)16-33-24)3-2-6-27(26(35)36)7-10-34(11-8-27)12-9-32-17-13-21(28)25(31)22(29)14-17/h4-5,13-16,32H,2-3,6-12H2,1H3,(H,35,36). The lowest BCUT2D eigenvalue weighted by atomic mass is 9.74. The van der Waals surface area contributed by atoms with Gasteiger partial charge in [-0.3, -0.25) is 9.78 Å². The SMILES string of the molecule is COc1ccc2ncc(F)c(CCCC3(C(=O)O)CCN(CCNc4cc(F)c(F)c(F)c4)CC3)c2c1. The predicted molar refractivity (Wildman–Crippen MR) is 132 cm³/mol. The molecule has 2 N–H and O–H groups in total. The summed E-state index contributed by atoms with van der Waals surface area (Å²) in [4.78, 5) is 18.5. The van der Waals surface area contributed by atoms with Crippen molar-refractivity contribution in [3.05, 3.63) is 65.4 Å². The average molecular weight is 520 g/mol. The Morgan fingerprint density at radius 1 is 1.11 bits per heavy atom. The Balaban J connectivity index is 1.32. The minimum atomic E-state index is -1.51. The summed E-state index contributed by atoms with van der Waals surface area (Å²) in [6.45, 7) is 1.99. The average Bonchev–Trinajstić information content (AvgIpc) is 2.89. The molecule has 198 valence electrons. The Hall–Kier alpha value is -3.40. The molecule has 0 spiro atoms. The zero-order valence-electron chi connectivity index (χ0n) is 20.5. The normalized spacial score (nSPS) is 15.6. The van der Waals surface area contributed by atoms with Gasteiger partial charge in [-0.1, -0.05) is 0 Å². The number of fused-ring (bicyclic) bond motifs is 1. The number of hydrogen-bond acceptors (Lipinski definition) is 5. The first-order valence-electron chi connectivity index (χ1n) is 12.2. The van der Waals surface area contributed by atoms with Gasteiger partial charge < -0.3 is 20.1 Å². The van der Waals surface area contributed by atoms with Gasteiger partial charge in [-0.15, -0.1) is 0 Å². The summed E-state index contributed by atoms with van der Waals surface area (Å²) in [6.07, 6.45) is 3.37. The second kappa shape index (κ2) is 11.3. The molecule has 2 heterocycles. The van der Waals surface area contributed by atoms with Crippen LogP contribution in [0.2, 0.25) is 0 Å². The molecular weight excluding hydrogens is 490 g/mol. The van der Waals surface area contributed by atoms with E-state index in [2.05, 4.69) is 15.2 Å². The highest BCUT2D eigenvalue weighted by Gasteiger charge is 2.40. The van der Waals surface area contributed by atoms with Crippen molar-refractivity contribution in [1.82, 2.24) is 9.88 Å². The second-order valence-corrected chi connectivity index (χ2v) is 9.43. The van der Waals surface area contributed by atoms with Crippen LogP contribution < -0.4 is 10.1 Å². The molecule has 4 rings (SSSR count). The highest BCUT2D eigenvalue weighted by Crippen LogP contribution is 2.37. The Kier molecular flexibility index (Phi) is 8.16. The van der Waals surface area contributed by atoms with Crippen molar-refractivity contribution in [2.75, 3.05) is 38.6 Å². The van der Waals surface area contributed by atoms with Crippen molar-refractivity contribution < 1.29 is 32.2 Å². The molecule has 1 aliphatic heterocycles. The Morgan fingerprint density at radius 3 is 2.46 bits per heavy atom. The van der Waals surface area contributed by atoms with Gasteiger partial charge in [-0.25, -0.2) is 17.6 Å². The zero-order valence-corrected chi connectivity index (χ0v) is 20.5. The molecule has 37 heavy (non-hydrogen) atoms. The topological polar surface area (TPSA) is 74.7 Å². The minimum absolute atomic E-state index is 0.141. The van der Waals surface area contributed by atoms with Gasteiger partial charge >= 0.3 is 5.97 Å². The van der Waals surface area contributed by atoms with E-state index in [0.717, 1.165) is 12.1 Å². The van der Waals surface area contributed by atoms with E-state index in [0.29, 0.717) is 80.5 Å². The number of carboxylic acids is 1. The molecule has 0 atom stereocenters. The van der Waals surface area contributed by atoms with E-state index in [1.54, 1.807) is 18.2 Å². The number of methoxy groups -OCH3 is 1. The van der Waals surface area contributed by atoms with Crippen LogP contribution in [0.4, 0.5) is 23.2 Å². The molecule has 0 radical (unpaired) electrons. The first kappa shape index (κ1) is 26.7. The number of aryl methyl sites for hydroxylation is 1. The Morgan fingerprint density at radius 2 is 1.81 bits per heavy atom. The van der Waals surface area contributed by atoms with Crippen molar-refractivity contribution >= 4 is 22.6 Å². The predicted octanol–water partition coefficient (Wildman–Crippen LogP) is 5.40. The molecule has 6 nitrogen and oxygen atoms in total. The van der Waals surface area contributed by atoms with Gasteiger partial charge in [-0.2, -0.15) is 0 Å². The number of rotatable bonds is 10. The van der Waals surface area contributed by atoms with Crippen molar-refractivity contribution in [2.24, 2.45) is 5.41 Å². The molecule has 1 aromatic heterocycles. The lowest BCUT2D eigenvalue weighted by Gasteiger charge is -2.39. The van der Waals surface area contributed by atoms with E-state index in [4.69, 9.17) is 4.74 Å². The van der Waals surface area contributed by atoms with Crippen LogP contribution in [0.15, 0.2) is 36.5 Å². The number of pyridine rings is 1. The van der Waals surface area contributed by atoms with E-state index in [1.165, 1.54) is 13.3 Å². The zero-order chi connectivity index (χ0) is 26.6. The minimum Gasteiger partial charge on any atom is -0.497 e. The fraction of sp³-hybridized carbons (Fsp3) is 0.407. The van der Waals surface area contributed by atoms with Crippen LogP contribution in [0, 0.1) is 28.7 Å². The van der Waals surface area contributed by atoms with Gasteiger partial charge in [0.05, 0.1) is 24.2 Å². The van der Waals surface area contributed by atoms with Crippen molar-refractivity contribution in [2.45, 2.75) is 32.1 Å². The van der Waals surface area contributed by atoms with Crippen LogP contribution in [0.3, 0.4) is 0 Å². The first-order chi connectivity index (χ1) is 17.7. The second-order valence-electron chi connectivity index (χ2n) is 9.43. The van der Waals surface area contributed by atoms with E-state index in [-0.39, 0.29) is 5.69 Å². The summed E-state index contributed by atoms with van der Waals surface area (Å²) in [5.74, 6) is -4.71. The third-order valence-electron chi connectivity index (χ3n) is 7.22. The molecule has 0 amide bonds. The number of halogens is 4. The van der Waals surface area contributed by atoms with Gasteiger partial charge in [0.2, 0.25) is 0 Å². The van der Waals surface area contributed by atoms with Crippen LogP contribution in [0.5, 0.6) is 5.75 Å². The Bertz CT molecular complexity index is 1260. The van der Waals surface area contributed by atoms with Gasteiger partial charge in [-0.05, 0) is 69.0 Å². The number of nitrogens with zero attached hydrogens (tertiary/aromatic N) is 2. The van der Waals surface area contributed by atoms with Crippen molar-refractivity contribution in [3.8, 4) is 5.75 Å². The molecule has 1 aliphatic rings. The highest BCUT2D eigenvalue weighted by molar-refractivity contribution is 5.83. The molecule has 10 heteroatoms. The number of ether oxygens (including phenoxy) is 1. The number of aromatic nitrogens is 1. The van der Waals surface area contributed by atoms with E-state index in [1.807, 2.05) is 0 Å². The maximum atomic E-state index is 14.6. The molecule has 0 saturated carbocycles. The summed E-state index contributed by atoms with van der Waals surface area (Å²) in [6, 6.07) is 7.07. The molecule has 0 aliphatic carbocycles. The molecule has 0 bridgehead atoms. The number of likely N-dealkylation sites (tertiary alicyclic amines) is 1. The number of carboxylic acid groups (broad SMARTS) is 1. The van der Waals surface area contributed by atoms with Crippen LogP contribution in [-0.2, 0) is 11.2 Å². The number of anilines is 1. The van der Waals surface area contributed by atoms with E-state index < -0.39 is 34.7 Å². The third kappa shape index (κ3) is 5.95. The fourth-order valence-electron chi connectivity index (χ4n) is 4.98. The molecule has 1 saturated heterocycles. The monoisotopic (exact) mass is 519 g/mol. The van der Waals surface area contributed by atoms with Gasteiger partial charge in [0.15, 0.2) is 17.5 Å². The van der Waals surface area contributed by atoms with Crippen molar-refractivity contribution in [3.63, 3.8) is 0 Å². The number of benzene rings is 2. The smallest absolute Gasteiger partial charge is 0.309 e. The van der Waals surface area contributed by atoms with Crippen LogP contribution in [0.1, 0.15) is 31.2 Å². The lowest BCUT2D eigenvalue weighted by molar-refractivity contribution is -0.152. The lowest BCUT2D eigenvalue weighted by Crippen LogP contribution is -2.45. The van der Waals surface area contributed by atoms with Gasteiger partial charge in [0.25, 0.3) is 0 Å². The summed E-state index contributed by atoms with van der Waals surface area (Å²) in [5, 5.41) is 13.6. The summed E-state index contributed by atoms with van der Waals surface area (Å²) >= 11 is 0. The number of piperidine rings is 1. The molecule has 3 aromatic rings. The van der Waals surface area contributed by atoms with Crippen LogP contribution in [-0.4, -0.2) is 54.2 Å². The van der Waals surface area contributed by atoms with Gasteiger partial charge in [0.1, 0.15) is 11.6 Å². The number of hydrogen-bond donors (Lipinski definition) is 2. The molecular formula is C27H29F4N3O3. The third-order valence-corrected chi connectivity index (χ3v) is 7.22. The van der Waals surface area contributed by atoms with Gasteiger partial charge in [0, 0.05) is 36.3 Å². The van der Waals surface area contributed by atoms with Crippen molar-refractivity contribution in [1.29, 1.82) is 0 Å². The largest absolute Gasteiger partial charge is 0.497 e. The number of carbonyl (C=O) groups is 1. The van der Waals surface area contributed by atoms with E-state index in [9.17, 15) is 27.5 Å². The summed E-state index contributed by atoms with van der Waals surface area (Å²) in [5.41, 5.74) is 0.394. The first-order valence-corrected chi connectivity index (χ1v) is 12.2.